The fraction of sp³-hybridized carbons (Fsp3) is 0.600. The molecule has 3 heteroatoms. The quantitative estimate of drug-likeness (QED) is 0.541. The molecule has 0 aromatic carbocycles. The van der Waals surface area contributed by atoms with Gasteiger partial charge in [-0.05, 0) is 19.6 Å². The molecule has 0 saturated carbocycles. The van der Waals surface area contributed by atoms with E-state index in [0.717, 1.165) is 0 Å². The minimum atomic E-state index is -0.914. The summed E-state index contributed by atoms with van der Waals surface area (Å²) in [5.41, 5.74) is 1.97. The van der Waals surface area contributed by atoms with Crippen LogP contribution in [0.4, 0.5) is 0 Å². The summed E-state index contributed by atoms with van der Waals surface area (Å²) in [7, 11) is -1.67. The van der Waals surface area contributed by atoms with Crippen LogP contribution < -0.4 is 0 Å². The lowest BCUT2D eigenvalue weighted by atomic mass is 11.3. The predicted molar refractivity (Wildman–Crippen MR) is 43.2 cm³/mol. The van der Waals surface area contributed by atoms with E-state index in [9.17, 15) is 0 Å². The smallest absolute Gasteiger partial charge is 0.184 e. The molecule has 0 aliphatic rings. The summed E-state index contributed by atoms with van der Waals surface area (Å²) in [6.07, 6.45) is 0. The summed E-state index contributed by atoms with van der Waals surface area (Å²) in [6.45, 7) is 10.2. The third-order valence-corrected chi connectivity index (χ3v) is 5.38. The van der Waals surface area contributed by atoms with Gasteiger partial charge in [-0.2, -0.15) is 0 Å². The average Bonchev–Trinajstić information content (AvgIpc) is 1.65. The van der Waals surface area contributed by atoms with E-state index in [-0.39, 0.29) is 0 Å². The summed E-state index contributed by atoms with van der Waals surface area (Å²) >= 11 is 0. The molecular weight excluding hydrogens is 132 g/mol. The zero-order valence-electron chi connectivity index (χ0n) is 5.85. The van der Waals surface area contributed by atoms with Gasteiger partial charge < -0.3 is 4.12 Å². The van der Waals surface area contributed by atoms with Crippen molar-refractivity contribution >= 4 is 18.1 Å². The third kappa shape index (κ3) is 4.30. The molecule has 0 rings (SSSR count). The lowest BCUT2D eigenvalue weighted by molar-refractivity contribution is 0.614. The zero-order chi connectivity index (χ0) is 6.57. The van der Waals surface area contributed by atoms with Gasteiger partial charge in [-0.15, -0.1) is 6.58 Å². The molecule has 1 atom stereocenters. The van der Waals surface area contributed by atoms with Crippen LogP contribution in [0.5, 0.6) is 0 Å². The van der Waals surface area contributed by atoms with Gasteiger partial charge in [-0.25, -0.2) is 0 Å². The second kappa shape index (κ2) is 4.06. The van der Waals surface area contributed by atoms with Gasteiger partial charge in [0.25, 0.3) is 0 Å². The van der Waals surface area contributed by atoms with Crippen molar-refractivity contribution in [3.63, 3.8) is 0 Å². The Kier molecular flexibility index (Phi) is 4.12. The first-order valence-electron chi connectivity index (χ1n) is 2.95. The Morgan fingerprint density at radius 1 is 1.38 bits per heavy atom. The molecule has 0 aliphatic heterocycles. The van der Waals surface area contributed by atoms with Crippen molar-refractivity contribution in [1.82, 2.24) is 0 Å². The van der Waals surface area contributed by atoms with Crippen molar-refractivity contribution in [3.05, 3.63) is 12.3 Å². The number of hydrogen-bond donors (Lipinski definition) is 0. The highest BCUT2D eigenvalue weighted by Gasteiger charge is 2.00. The monoisotopic (exact) mass is 146 g/mol. The summed E-state index contributed by atoms with van der Waals surface area (Å²) in [6, 6.07) is 0. The average molecular weight is 146 g/mol. The molecule has 0 aromatic rings. The minimum absolute atomic E-state index is 0.756. The normalized spacial score (nSPS) is 14.0. The standard InChI is InChI=1S/C5H14OSi2/c1-5-8(4)6-7(2)3/h5,7-8H,1H2,2-4H3. The Balaban J connectivity index is 3.23. The van der Waals surface area contributed by atoms with Crippen molar-refractivity contribution in [3.8, 4) is 0 Å². The van der Waals surface area contributed by atoms with Gasteiger partial charge in [0.2, 0.25) is 0 Å². The molecule has 1 nitrogen and oxygen atoms in total. The van der Waals surface area contributed by atoms with Gasteiger partial charge >= 0.3 is 0 Å². The molecule has 0 radical (unpaired) electrons. The lowest BCUT2D eigenvalue weighted by Crippen LogP contribution is -2.18. The third-order valence-electron chi connectivity index (χ3n) is 0.819. The zero-order valence-corrected chi connectivity index (χ0v) is 8.16. The summed E-state index contributed by atoms with van der Waals surface area (Å²) < 4.78 is 5.56. The van der Waals surface area contributed by atoms with Gasteiger partial charge in [-0.3, -0.25) is 0 Å². The SMILES string of the molecule is C=C[SiH](C)O[SiH](C)C. The van der Waals surface area contributed by atoms with Crippen LogP contribution in [0.25, 0.3) is 0 Å². The molecule has 0 heterocycles. The van der Waals surface area contributed by atoms with E-state index < -0.39 is 18.1 Å². The van der Waals surface area contributed by atoms with Gasteiger partial charge in [0, 0.05) is 0 Å². The maximum absolute atomic E-state index is 5.56. The van der Waals surface area contributed by atoms with E-state index >= 15 is 0 Å². The molecule has 0 spiro atoms. The van der Waals surface area contributed by atoms with Gasteiger partial charge in [0.15, 0.2) is 18.1 Å². The van der Waals surface area contributed by atoms with Gasteiger partial charge in [-0.1, -0.05) is 5.70 Å². The molecule has 8 heavy (non-hydrogen) atoms. The minimum Gasteiger partial charge on any atom is -0.457 e. The van der Waals surface area contributed by atoms with Crippen molar-refractivity contribution in [1.29, 1.82) is 0 Å². The van der Waals surface area contributed by atoms with Crippen molar-refractivity contribution in [2.45, 2.75) is 19.6 Å². The lowest BCUT2D eigenvalue weighted by Gasteiger charge is -2.08. The molecule has 0 bridgehead atoms. The van der Waals surface area contributed by atoms with Gasteiger partial charge in [0.1, 0.15) is 0 Å². The summed E-state index contributed by atoms with van der Waals surface area (Å²) in [5, 5.41) is 0. The van der Waals surface area contributed by atoms with Crippen molar-refractivity contribution < 1.29 is 4.12 Å². The molecule has 0 aromatic heterocycles. The van der Waals surface area contributed by atoms with E-state index in [1.807, 2.05) is 5.70 Å². The van der Waals surface area contributed by atoms with Crippen LogP contribution in [0, 0.1) is 0 Å². The Labute approximate surface area is 54.8 Å². The molecule has 0 amide bonds. The van der Waals surface area contributed by atoms with E-state index in [1.165, 1.54) is 0 Å². The van der Waals surface area contributed by atoms with Crippen LogP contribution in [0.1, 0.15) is 0 Å². The Bertz CT molecular complexity index is 72.8. The highest BCUT2D eigenvalue weighted by molar-refractivity contribution is 6.66. The van der Waals surface area contributed by atoms with E-state index in [1.54, 1.807) is 0 Å². The van der Waals surface area contributed by atoms with Crippen LogP contribution in [-0.4, -0.2) is 18.1 Å². The second-order valence-electron chi connectivity index (χ2n) is 2.13. The molecule has 0 saturated heterocycles. The first-order chi connectivity index (χ1) is 3.66. The second-order valence-corrected chi connectivity index (χ2v) is 7.19. The number of hydrogen-bond acceptors (Lipinski definition) is 1. The fourth-order valence-corrected chi connectivity index (χ4v) is 4.36. The first-order valence-corrected chi connectivity index (χ1v) is 8.02. The fourth-order valence-electron chi connectivity index (χ4n) is 0.485. The Hall–Kier alpha value is 0.134. The topological polar surface area (TPSA) is 9.23 Å². The molecule has 0 aliphatic carbocycles. The first kappa shape index (κ1) is 8.13. The number of rotatable bonds is 3. The molecule has 1 unspecified atom stereocenters. The Morgan fingerprint density at radius 2 is 1.88 bits per heavy atom. The molecule has 0 fully saturated rings. The molecular formula is C5H14OSi2. The van der Waals surface area contributed by atoms with Crippen LogP contribution in [0.15, 0.2) is 12.3 Å². The summed E-state index contributed by atoms with van der Waals surface area (Å²) in [4.78, 5) is 0. The Morgan fingerprint density at radius 3 is 2.00 bits per heavy atom. The molecule has 0 N–H and O–H groups in total. The van der Waals surface area contributed by atoms with Crippen molar-refractivity contribution in [2.24, 2.45) is 0 Å². The predicted octanol–water partition coefficient (Wildman–Crippen LogP) is 1.07. The highest BCUT2D eigenvalue weighted by atomic mass is 28.4. The van der Waals surface area contributed by atoms with Crippen LogP contribution >= 0.6 is 0 Å². The van der Waals surface area contributed by atoms with Crippen LogP contribution in [-0.2, 0) is 4.12 Å². The van der Waals surface area contributed by atoms with E-state index in [2.05, 4.69) is 26.2 Å². The van der Waals surface area contributed by atoms with Gasteiger partial charge in [0.05, 0.1) is 0 Å². The summed E-state index contributed by atoms with van der Waals surface area (Å²) in [5.74, 6) is 0. The largest absolute Gasteiger partial charge is 0.457 e. The maximum atomic E-state index is 5.56. The van der Waals surface area contributed by atoms with Crippen LogP contribution in [0.2, 0.25) is 19.6 Å². The van der Waals surface area contributed by atoms with Crippen LogP contribution in [0.3, 0.4) is 0 Å². The molecule has 48 valence electrons. The van der Waals surface area contributed by atoms with Crippen molar-refractivity contribution in [2.75, 3.05) is 0 Å². The van der Waals surface area contributed by atoms with E-state index in [0.29, 0.717) is 0 Å². The van der Waals surface area contributed by atoms with E-state index in [4.69, 9.17) is 4.12 Å². The maximum Gasteiger partial charge on any atom is 0.184 e. The highest BCUT2D eigenvalue weighted by Crippen LogP contribution is 1.89.